The summed E-state index contributed by atoms with van der Waals surface area (Å²) in [6.45, 7) is 8.54. The summed E-state index contributed by atoms with van der Waals surface area (Å²) in [6.07, 6.45) is 0.802. The van der Waals surface area contributed by atoms with E-state index in [1.54, 1.807) is 36.0 Å². The molecule has 3 aromatic rings. The van der Waals surface area contributed by atoms with E-state index in [1.807, 2.05) is 42.5 Å². The van der Waals surface area contributed by atoms with Crippen molar-refractivity contribution in [2.75, 3.05) is 81.9 Å². The van der Waals surface area contributed by atoms with Gasteiger partial charge in [0, 0.05) is 102 Å². The van der Waals surface area contributed by atoms with Gasteiger partial charge in [0.1, 0.15) is 0 Å². The molecule has 0 aromatic heterocycles. The molecule has 2 saturated heterocycles. The van der Waals surface area contributed by atoms with Gasteiger partial charge in [0.25, 0.3) is 5.91 Å². The molecule has 13 heteroatoms. The maximum Gasteiger partial charge on any atom is 0.446 e. The van der Waals surface area contributed by atoms with Gasteiger partial charge in [-0.2, -0.15) is 13.2 Å². The summed E-state index contributed by atoms with van der Waals surface area (Å²) in [5.74, 6) is 0.417. The van der Waals surface area contributed by atoms with Crippen LogP contribution in [-0.2, 0) is 0 Å². The normalized spacial score (nSPS) is 17.1. The second-order valence-electron chi connectivity index (χ2n) is 11.4. The van der Waals surface area contributed by atoms with Gasteiger partial charge in [-0.25, -0.2) is 0 Å². The lowest BCUT2D eigenvalue weighted by Gasteiger charge is -2.34. The molecule has 0 saturated carbocycles. The molecule has 2 fully saturated rings. The smallest absolute Gasteiger partial charge is 0.381 e. The minimum Gasteiger partial charge on any atom is -0.381 e. The predicted molar refractivity (Wildman–Crippen MR) is 186 cm³/mol. The summed E-state index contributed by atoms with van der Waals surface area (Å²) in [6, 6.07) is 22.4. The first kappa shape index (κ1) is 34.8. The van der Waals surface area contributed by atoms with Crippen LogP contribution in [0, 0.1) is 0 Å². The second kappa shape index (κ2) is 17.0. The second-order valence-corrected chi connectivity index (χ2v) is 14.5. The maximum atomic E-state index is 13.7. The average molecular weight is 691 g/mol. The SMILES string of the molecule is CN1CCN(c2ccc(C(=O)NSc3ccc(NC(CCN4CCNCC4)CSc4ccccc4)c(SC(F)(F)F)c3)cc2)CC1. The molecular formula is C33H41F3N6OS3. The molecule has 0 aliphatic carbocycles. The van der Waals surface area contributed by atoms with Crippen LogP contribution in [0.5, 0.6) is 0 Å². The number of halogens is 3. The molecule has 2 aliphatic rings. The Kier molecular flexibility index (Phi) is 12.9. The third-order valence-corrected chi connectivity index (χ3v) is 10.7. The van der Waals surface area contributed by atoms with E-state index in [0.717, 1.165) is 87.9 Å². The Morgan fingerprint density at radius 3 is 2.33 bits per heavy atom. The van der Waals surface area contributed by atoms with Crippen molar-refractivity contribution in [3.05, 3.63) is 78.4 Å². The van der Waals surface area contributed by atoms with Crippen molar-refractivity contribution in [3.63, 3.8) is 0 Å². The van der Waals surface area contributed by atoms with Gasteiger partial charge in [-0.15, -0.1) is 11.8 Å². The monoisotopic (exact) mass is 690 g/mol. The molecule has 1 amide bonds. The molecule has 0 radical (unpaired) electrons. The van der Waals surface area contributed by atoms with Crippen molar-refractivity contribution in [2.45, 2.75) is 32.7 Å². The first-order valence-corrected chi connectivity index (χ1v) is 18.1. The number of likely N-dealkylation sites (N-methyl/N-ethyl adjacent to an activating group) is 1. The Morgan fingerprint density at radius 2 is 1.63 bits per heavy atom. The fourth-order valence-electron chi connectivity index (χ4n) is 5.35. The Balaban J connectivity index is 1.24. The van der Waals surface area contributed by atoms with E-state index in [9.17, 15) is 18.0 Å². The number of nitrogens with one attached hydrogen (secondary N) is 3. The molecule has 5 rings (SSSR count). The number of thioether (sulfide) groups is 2. The fraction of sp³-hybridized carbons (Fsp3) is 0.424. The van der Waals surface area contributed by atoms with Crippen molar-refractivity contribution in [1.29, 1.82) is 0 Å². The van der Waals surface area contributed by atoms with E-state index in [-0.39, 0.29) is 28.6 Å². The molecule has 2 heterocycles. The Bertz CT molecular complexity index is 1390. The van der Waals surface area contributed by atoms with E-state index < -0.39 is 5.51 Å². The summed E-state index contributed by atoms with van der Waals surface area (Å²) in [5, 5.41) is 6.81. The van der Waals surface area contributed by atoms with Crippen LogP contribution in [0.1, 0.15) is 16.8 Å². The minimum absolute atomic E-state index is 0.0419. The van der Waals surface area contributed by atoms with Crippen LogP contribution in [-0.4, -0.2) is 99.0 Å². The number of alkyl halides is 3. The van der Waals surface area contributed by atoms with Crippen LogP contribution >= 0.6 is 35.5 Å². The molecule has 0 bridgehead atoms. The zero-order chi connectivity index (χ0) is 32.4. The minimum atomic E-state index is -4.45. The van der Waals surface area contributed by atoms with Crippen molar-refractivity contribution < 1.29 is 18.0 Å². The van der Waals surface area contributed by atoms with Crippen LogP contribution in [0.2, 0.25) is 0 Å². The topological polar surface area (TPSA) is 62.9 Å². The van der Waals surface area contributed by atoms with Gasteiger partial charge in [-0.05, 0) is 91.8 Å². The Labute approximate surface area is 282 Å². The van der Waals surface area contributed by atoms with Gasteiger partial charge in [-0.3, -0.25) is 9.52 Å². The van der Waals surface area contributed by atoms with Crippen LogP contribution < -0.4 is 20.3 Å². The van der Waals surface area contributed by atoms with Gasteiger partial charge < -0.3 is 25.3 Å². The number of anilines is 2. The van der Waals surface area contributed by atoms with Gasteiger partial charge in [-0.1, -0.05) is 18.2 Å². The molecule has 2 aliphatic heterocycles. The fourth-order valence-corrected chi connectivity index (χ4v) is 7.73. The molecule has 3 N–H and O–H groups in total. The van der Waals surface area contributed by atoms with Gasteiger partial charge in [0.15, 0.2) is 0 Å². The van der Waals surface area contributed by atoms with Crippen molar-refractivity contribution in [1.82, 2.24) is 19.8 Å². The quantitative estimate of drug-likeness (QED) is 0.141. The lowest BCUT2D eigenvalue weighted by Crippen LogP contribution is -2.44. The molecule has 3 aromatic carbocycles. The lowest BCUT2D eigenvalue weighted by molar-refractivity contribution is -0.0328. The molecule has 1 unspecified atom stereocenters. The number of carbonyl (C=O) groups is 1. The van der Waals surface area contributed by atoms with Crippen LogP contribution in [0.15, 0.2) is 87.5 Å². The average Bonchev–Trinajstić information content (AvgIpc) is 3.06. The first-order chi connectivity index (χ1) is 22.2. The highest BCUT2D eigenvalue weighted by Crippen LogP contribution is 2.42. The highest BCUT2D eigenvalue weighted by Gasteiger charge is 2.31. The summed E-state index contributed by atoms with van der Waals surface area (Å²) in [5.41, 5.74) is -2.44. The first-order valence-electron chi connectivity index (χ1n) is 15.5. The molecule has 248 valence electrons. The maximum absolute atomic E-state index is 13.7. The third-order valence-electron chi connectivity index (χ3n) is 8.00. The van der Waals surface area contributed by atoms with Gasteiger partial charge >= 0.3 is 5.51 Å². The number of carbonyl (C=O) groups excluding carboxylic acids is 1. The van der Waals surface area contributed by atoms with Crippen LogP contribution in [0.3, 0.4) is 0 Å². The number of hydrogen-bond acceptors (Lipinski definition) is 9. The van der Waals surface area contributed by atoms with E-state index in [4.69, 9.17) is 0 Å². The van der Waals surface area contributed by atoms with Crippen molar-refractivity contribution in [2.24, 2.45) is 0 Å². The summed E-state index contributed by atoms with van der Waals surface area (Å²) < 4.78 is 43.9. The molecule has 1 atom stereocenters. The zero-order valence-corrected chi connectivity index (χ0v) is 28.3. The summed E-state index contributed by atoms with van der Waals surface area (Å²) in [4.78, 5) is 21.6. The number of amides is 1. The van der Waals surface area contributed by atoms with E-state index in [0.29, 0.717) is 21.9 Å². The van der Waals surface area contributed by atoms with E-state index in [1.165, 1.54) is 6.07 Å². The van der Waals surface area contributed by atoms with Gasteiger partial charge in [0.2, 0.25) is 0 Å². The van der Waals surface area contributed by atoms with Crippen molar-refractivity contribution >= 4 is 52.8 Å². The van der Waals surface area contributed by atoms with Gasteiger partial charge in [0.05, 0.1) is 0 Å². The zero-order valence-electron chi connectivity index (χ0n) is 25.9. The number of rotatable bonds is 13. The van der Waals surface area contributed by atoms with Crippen molar-refractivity contribution in [3.8, 4) is 0 Å². The molecular weight excluding hydrogens is 650 g/mol. The standard InChI is InChI=1S/C33H41F3N6OS3/c1-40-19-21-42(22-20-40)27-9-7-25(8-10-27)32(43)39-46-29-11-12-30(31(23-29)45-33(34,35)36)38-26(13-16-41-17-14-37-15-18-41)24-44-28-5-3-2-4-6-28/h2-12,23,26,37-38H,13-22,24H2,1H3,(H,39,43). The summed E-state index contributed by atoms with van der Waals surface area (Å²) in [7, 11) is 2.11. The molecule has 7 nitrogen and oxygen atoms in total. The number of nitrogens with zero attached hydrogens (tertiary/aromatic N) is 3. The lowest BCUT2D eigenvalue weighted by atomic mass is 10.1. The van der Waals surface area contributed by atoms with E-state index in [2.05, 4.69) is 37.1 Å². The number of hydrogen-bond donors (Lipinski definition) is 3. The molecule has 46 heavy (non-hydrogen) atoms. The number of benzene rings is 3. The summed E-state index contributed by atoms with van der Waals surface area (Å²) >= 11 is 2.58. The predicted octanol–water partition coefficient (Wildman–Crippen LogP) is 6.36. The Hall–Kier alpha value is -2.55. The highest BCUT2D eigenvalue weighted by molar-refractivity contribution is 8.00. The molecule has 0 spiro atoms. The van der Waals surface area contributed by atoms with Crippen LogP contribution in [0.25, 0.3) is 0 Å². The highest BCUT2D eigenvalue weighted by atomic mass is 32.2. The largest absolute Gasteiger partial charge is 0.446 e. The van der Waals surface area contributed by atoms with E-state index >= 15 is 0 Å². The number of piperazine rings is 2. The third kappa shape index (κ3) is 11.0. The van der Waals surface area contributed by atoms with Crippen LogP contribution in [0.4, 0.5) is 24.5 Å². The Morgan fingerprint density at radius 1 is 0.913 bits per heavy atom.